The van der Waals surface area contributed by atoms with Gasteiger partial charge < -0.3 is 10.3 Å². The lowest BCUT2D eigenvalue weighted by Gasteiger charge is -2.13. The second kappa shape index (κ2) is 10.7. The highest BCUT2D eigenvalue weighted by atomic mass is 32.2. The van der Waals surface area contributed by atoms with Gasteiger partial charge in [0.15, 0.2) is 0 Å². The number of anilines is 2. The molecule has 0 saturated heterocycles. The Labute approximate surface area is 213 Å². The Morgan fingerprint density at radius 2 is 1.73 bits per heavy atom. The van der Waals surface area contributed by atoms with Crippen molar-refractivity contribution < 1.29 is 17.6 Å². The Morgan fingerprint density at radius 3 is 2.41 bits per heavy atom. The van der Waals surface area contributed by atoms with Gasteiger partial charge in [0.2, 0.25) is 17.8 Å². The van der Waals surface area contributed by atoms with Crippen molar-refractivity contribution in [3.63, 3.8) is 0 Å². The van der Waals surface area contributed by atoms with Crippen LogP contribution in [0.3, 0.4) is 0 Å². The number of aromatic amines is 1. The van der Waals surface area contributed by atoms with Crippen molar-refractivity contribution in [3.05, 3.63) is 77.5 Å². The van der Waals surface area contributed by atoms with Gasteiger partial charge in [0.1, 0.15) is 5.82 Å². The molecule has 12 heteroatoms. The zero-order chi connectivity index (χ0) is 26.6. The molecule has 0 bridgehead atoms. The van der Waals surface area contributed by atoms with Crippen LogP contribution in [0.15, 0.2) is 64.6 Å². The largest absolute Gasteiger partial charge is 0.361 e. The molecule has 0 aliphatic rings. The van der Waals surface area contributed by atoms with Gasteiger partial charge >= 0.3 is 0 Å². The van der Waals surface area contributed by atoms with Crippen molar-refractivity contribution in [2.24, 2.45) is 4.99 Å². The average Bonchev–Trinajstić information content (AvgIpc) is 3.20. The van der Waals surface area contributed by atoms with E-state index in [9.17, 15) is 17.6 Å². The fourth-order valence-electron chi connectivity index (χ4n) is 3.74. The minimum Gasteiger partial charge on any atom is -0.361 e. The Balaban J connectivity index is 1.58. The molecular formula is C25H26FN7O3S. The fraction of sp³-hybridized carbons (Fsp3) is 0.200. The maximum atomic E-state index is 13.7. The van der Waals surface area contributed by atoms with Gasteiger partial charge in [-0.05, 0) is 74.4 Å². The third-order valence-electron chi connectivity index (χ3n) is 5.31. The average molecular weight is 524 g/mol. The van der Waals surface area contributed by atoms with Crippen LogP contribution in [-0.2, 0) is 21.2 Å². The van der Waals surface area contributed by atoms with Gasteiger partial charge in [-0.1, -0.05) is 0 Å². The lowest BCUT2D eigenvalue weighted by Crippen LogP contribution is -2.37. The van der Waals surface area contributed by atoms with E-state index in [1.807, 2.05) is 0 Å². The highest BCUT2D eigenvalue weighted by Crippen LogP contribution is 2.20. The van der Waals surface area contributed by atoms with E-state index in [0.29, 0.717) is 23.5 Å². The smallest absolute Gasteiger partial charge is 0.264 e. The molecule has 1 amide bonds. The van der Waals surface area contributed by atoms with Crippen molar-refractivity contribution in [2.45, 2.75) is 32.1 Å². The lowest BCUT2D eigenvalue weighted by atomic mass is 10.1. The van der Waals surface area contributed by atoms with E-state index in [1.165, 1.54) is 43.3 Å². The number of H-pyrrole nitrogens is 1. The van der Waals surface area contributed by atoms with E-state index in [1.54, 1.807) is 32.2 Å². The minimum atomic E-state index is -4.04. The first kappa shape index (κ1) is 25.8. The number of rotatable bonds is 7. The second-order valence-corrected chi connectivity index (χ2v) is 10.1. The fourth-order valence-corrected chi connectivity index (χ4v) is 4.72. The lowest BCUT2D eigenvalue weighted by molar-refractivity contribution is -0.114. The van der Waals surface area contributed by atoms with E-state index < -0.39 is 10.0 Å². The van der Waals surface area contributed by atoms with Gasteiger partial charge in [0, 0.05) is 47.6 Å². The maximum Gasteiger partial charge on any atom is 0.264 e. The summed E-state index contributed by atoms with van der Waals surface area (Å²) < 4.78 is 42.4. The number of aryl methyl sites for hydroxylation is 2. The molecule has 37 heavy (non-hydrogen) atoms. The molecular weight excluding hydrogens is 497 g/mol. The number of fused-ring (bicyclic) bond motifs is 1. The van der Waals surface area contributed by atoms with Crippen LogP contribution in [0, 0.1) is 19.7 Å². The van der Waals surface area contributed by atoms with Crippen molar-refractivity contribution >= 4 is 44.4 Å². The molecule has 0 unspecified atom stereocenters. The molecule has 2 aromatic carbocycles. The summed E-state index contributed by atoms with van der Waals surface area (Å²) in [5.41, 5.74) is 3.51. The van der Waals surface area contributed by atoms with Gasteiger partial charge in [-0.3, -0.25) is 15.1 Å². The summed E-state index contributed by atoms with van der Waals surface area (Å²) in [7, 11) is -4.04. The summed E-state index contributed by atoms with van der Waals surface area (Å²) in [5, 5.41) is 6.19. The Morgan fingerprint density at radius 1 is 1.03 bits per heavy atom. The molecule has 0 atom stereocenters. The van der Waals surface area contributed by atoms with E-state index in [-0.39, 0.29) is 35.1 Å². The molecule has 192 valence electrons. The number of aromatic nitrogens is 3. The number of guanidine groups is 1. The molecule has 0 aliphatic heterocycles. The second-order valence-electron chi connectivity index (χ2n) is 8.39. The number of amides is 1. The molecule has 2 heterocycles. The summed E-state index contributed by atoms with van der Waals surface area (Å²) >= 11 is 0. The zero-order valence-corrected chi connectivity index (χ0v) is 21.3. The van der Waals surface area contributed by atoms with Crippen molar-refractivity contribution in [2.75, 3.05) is 17.2 Å². The molecule has 4 aromatic rings. The van der Waals surface area contributed by atoms with E-state index in [2.05, 4.69) is 35.3 Å². The molecule has 10 nitrogen and oxygen atoms in total. The standard InChI is InChI=1S/C25H26FN7O3S/c1-15-12-16(2)30-25(29-15)32-24(27-11-10-18-14-28-23-9-4-19(26)13-22(18)23)33-37(35,36)21-7-5-20(6-8-21)31-17(3)34/h4-9,12-14,28H,10-11H2,1-3H3,(H,31,34)(H2,27,29,30,32,33). The Kier molecular flexibility index (Phi) is 7.48. The highest BCUT2D eigenvalue weighted by molar-refractivity contribution is 7.90. The molecule has 2 aromatic heterocycles. The molecule has 4 N–H and O–H groups in total. The van der Waals surface area contributed by atoms with Crippen molar-refractivity contribution in [1.82, 2.24) is 19.7 Å². The monoisotopic (exact) mass is 523 g/mol. The highest BCUT2D eigenvalue weighted by Gasteiger charge is 2.18. The number of hydrogen-bond donors (Lipinski definition) is 4. The Hall–Kier alpha value is -4.32. The SMILES string of the molecule is CC(=O)Nc1ccc(S(=O)(=O)NC(=NCCc2c[nH]c3ccc(F)cc23)Nc2nc(C)cc(C)n2)cc1. The number of nitrogens with one attached hydrogen (secondary N) is 4. The Bertz CT molecular complexity index is 1560. The summed E-state index contributed by atoms with van der Waals surface area (Å²) in [6.07, 6.45) is 2.20. The minimum absolute atomic E-state index is 0.0236. The number of hydrogen-bond acceptors (Lipinski definition) is 6. The van der Waals surface area contributed by atoms with Crippen molar-refractivity contribution in [3.8, 4) is 0 Å². The molecule has 0 aliphatic carbocycles. The number of halogens is 1. The maximum absolute atomic E-state index is 13.7. The van der Waals surface area contributed by atoms with Crippen LogP contribution in [0.2, 0.25) is 0 Å². The molecule has 0 spiro atoms. The van der Waals surface area contributed by atoms with Crippen LogP contribution in [0.25, 0.3) is 10.9 Å². The van der Waals surface area contributed by atoms with Crippen LogP contribution < -0.4 is 15.4 Å². The number of carbonyl (C=O) groups is 1. The summed E-state index contributed by atoms with van der Waals surface area (Å²) in [5.74, 6) is -0.488. The normalized spacial score (nSPS) is 11.9. The van der Waals surface area contributed by atoms with Crippen LogP contribution in [0.1, 0.15) is 23.9 Å². The molecule has 0 fully saturated rings. The van der Waals surface area contributed by atoms with Crippen LogP contribution >= 0.6 is 0 Å². The van der Waals surface area contributed by atoms with E-state index in [0.717, 1.165) is 16.5 Å². The van der Waals surface area contributed by atoms with Crippen LogP contribution in [-0.4, -0.2) is 41.8 Å². The molecule has 0 saturated carbocycles. The number of nitrogens with zero attached hydrogens (tertiary/aromatic N) is 3. The third kappa shape index (κ3) is 6.67. The molecule has 4 rings (SSSR count). The first-order valence-corrected chi connectivity index (χ1v) is 12.9. The quantitative estimate of drug-likeness (QED) is 0.215. The number of sulfonamides is 1. The van der Waals surface area contributed by atoms with E-state index >= 15 is 0 Å². The third-order valence-corrected chi connectivity index (χ3v) is 6.66. The van der Waals surface area contributed by atoms with Gasteiger partial charge in [0.05, 0.1) is 4.90 Å². The molecule has 0 radical (unpaired) electrons. The van der Waals surface area contributed by atoms with Gasteiger partial charge in [-0.15, -0.1) is 0 Å². The van der Waals surface area contributed by atoms with Gasteiger partial charge in [-0.2, -0.15) is 0 Å². The summed E-state index contributed by atoms with van der Waals surface area (Å²) in [6, 6.07) is 12.0. The van der Waals surface area contributed by atoms with Gasteiger partial charge in [0.25, 0.3) is 10.0 Å². The van der Waals surface area contributed by atoms with Crippen molar-refractivity contribution in [1.29, 1.82) is 0 Å². The summed E-state index contributed by atoms with van der Waals surface area (Å²) in [4.78, 5) is 27.3. The van der Waals surface area contributed by atoms with E-state index in [4.69, 9.17) is 0 Å². The predicted molar refractivity (Wildman–Crippen MR) is 140 cm³/mol. The number of aliphatic imine (C=N–C) groups is 1. The first-order valence-electron chi connectivity index (χ1n) is 11.4. The zero-order valence-electron chi connectivity index (χ0n) is 20.5. The van der Waals surface area contributed by atoms with Crippen LogP contribution in [0.4, 0.5) is 16.0 Å². The van der Waals surface area contributed by atoms with Crippen LogP contribution in [0.5, 0.6) is 0 Å². The predicted octanol–water partition coefficient (Wildman–Crippen LogP) is 3.66. The number of benzene rings is 2. The number of carbonyl (C=O) groups excluding carboxylic acids is 1. The van der Waals surface area contributed by atoms with Gasteiger partial charge in [-0.25, -0.2) is 27.5 Å². The first-order chi connectivity index (χ1) is 17.6. The summed E-state index contributed by atoms with van der Waals surface area (Å²) in [6.45, 7) is 5.16. The topological polar surface area (TPSA) is 141 Å².